The molecule has 0 amide bonds. The molecule has 1 aromatic rings. The summed E-state index contributed by atoms with van der Waals surface area (Å²) >= 11 is 0. The first-order valence-corrected chi connectivity index (χ1v) is 7.68. The number of hydrogen-bond acceptors (Lipinski definition) is 4. The highest BCUT2D eigenvalue weighted by Gasteiger charge is 2.28. The smallest absolute Gasteiger partial charge is 0.0794 e. The van der Waals surface area contributed by atoms with Crippen molar-refractivity contribution in [2.45, 2.75) is 25.0 Å². The molecule has 0 spiro atoms. The second-order valence-electron chi connectivity index (χ2n) is 5.85. The van der Waals surface area contributed by atoms with E-state index in [0.29, 0.717) is 6.04 Å². The molecule has 3 rings (SSSR count). The number of β-amino-alcohol motifs (C(OH)–C–C–N with tert-alkyl or cyclic N) is 1. The molecule has 112 valence electrons. The van der Waals surface area contributed by atoms with Gasteiger partial charge in [-0.1, -0.05) is 0 Å². The normalized spacial score (nSPS) is 26.9. The van der Waals surface area contributed by atoms with Gasteiger partial charge < -0.3 is 14.8 Å². The molecular formula is C15H25N3O2. The number of H-pyrrole nitrogens is 1. The fourth-order valence-corrected chi connectivity index (χ4v) is 3.36. The summed E-state index contributed by atoms with van der Waals surface area (Å²) in [5.41, 5.74) is 1.28. The largest absolute Gasteiger partial charge is 0.390 e. The lowest BCUT2D eigenvalue weighted by Gasteiger charge is -2.31. The van der Waals surface area contributed by atoms with E-state index >= 15 is 0 Å². The maximum Gasteiger partial charge on any atom is 0.0794 e. The first kappa shape index (κ1) is 14.1. The Kier molecular flexibility index (Phi) is 4.73. The molecule has 2 saturated heterocycles. The molecule has 1 aromatic heterocycles. The average molecular weight is 279 g/mol. The van der Waals surface area contributed by atoms with Gasteiger partial charge >= 0.3 is 0 Å². The van der Waals surface area contributed by atoms with Gasteiger partial charge in [-0.2, -0.15) is 0 Å². The van der Waals surface area contributed by atoms with Gasteiger partial charge in [-0.3, -0.25) is 9.80 Å². The molecule has 0 radical (unpaired) electrons. The predicted molar refractivity (Wildman–Crippen MR) is 77.6 cm³/mol. The summed E-state index contributed by atoms with van der Waals surface area (Å²) in [5.74, 6) is 0. The van der Waals surface area contributed by atoms with Crippen LogP contribution in [0.5, 0.6) is 0 Å². The summed E-state index contributed by atoms with van der Waals surface area (Å²) in [6, 6.07) is 4.65. The Bertz CT molecular complexity index is 390. The summed E-state index contributed by atoms with van der Waals surface area (Å²) in [7, 11) is 0. The molecule has 0 saturated carbocycles. The van der Waals surface area contributed by atoms with E-state index in [-0.39, 0.29) is 6.10 Å². The minimum atomic E-state index is -0.274. The summed E-state index contributed by atoms with van der Waals surface area (Å²) in [4.78, 5) is 8.03. The lowest BCUT2D eigenvalue weighted by atomic mass is 10.1. The monoisotopic (exact) mass is 279 g/mol. The predicted octanol–water partition coefficient (Wildman–Crippen LogP) is 0.845. The second-order valence-corrected chi connectivity index (χ2v) is 5.85. The van der Waals surface area contributed by atoms with E-state index < -0.39 is 0 Å². The van der Waals surface area contributed by atoms with Crippen LogP contribution in [0.3, 0.4) is 0 Å². The molecule has 2 aliphatic heterocycles. The minimum absolute atomic E-state index is 0.274. The van der Waals surface area contributed by atoms with Crippen LogP contribution in [0.1, 0.15) is 24.6 Å². The van der Waals surface area contributed by atoms with Crippen LogP contribution in [0.4, 0.5) is 0 Å². The molecule has 2 aliphatic rings. The number of nitrogens with one attached hydrogen (secondary N) is 1. The van der Waals surface area contributed by atoms with Crippen molar-refractivity contribution in [3.63, 3.8) is 0 Å². The first-order chi connectivity index (χ1) is 9.83. The van der Waals surface area contributed by atoms with Gasteiger partial charge in [0.2, 0.25) is 0 Å². The van der Waals surface area contributed by atoms with Gasteiger partial charge in [0, 0.05) is 44.1 Å². The van der Waals surface area contributed by atoms with Gasteiger partial charge in [-0.15, -0.1) is 0 Å². The number of morpholine rings is 1. The van der Waals surface area contributed by atoms with Gasteiger partial charge in [0.15, 0.2) is 0 Å². The molecule has 2 N–H and O–H groups in total. The second kappa shape index (κ2) is 6.72. The maximum atomic E-state index is 10.3. The van der Waals surface area contributed by atoms with Crippen molar-refractivity contribution in [2.24, 2.45) is 0 Å². The number of ether oxygens (including phenoxy) is 1. The van der Waals surface area contributed by atoms with Crippen molar-refractivity contribution < 1.29 is 9.84 Å². The molecule has 0 bridgehead atoms. The van der Waals surface area contributed by atoms with Gasteiger partial charge in [0.05, 0.1) is 19.3 Å². The van der Waals surface area contributed by atoms with E-state index in [2.05, 4.69) is 26.9 Å². The highest BCUT2D eigenvalue weighted by molar-refractivity contribution is 5.11. The number of aromatic amines is 1. The minimum Gasteiger partial charge on any atom is -0.390 e. The van der Waals surface area contributed by atoms with Gasteiger partial charge in [0.1, 0.15) is 0 Å². The van der Waals surface area contributed by atoms with Crippen LogP contribution in [0.25, 0.3) is 0 Å². The van der Waals surface area contributed by atoms with Crippen molar-refractivity contribution >= 4 is 0 Å². The van der Waals surface area contributed by atoms with Crippen LogP contribution in [0.2, 0.25) is 0 Å². The summed E-state index contributed by atoms with van der Waals surface area (Å²) in [6.45, 7) is 6.08. The van der Waals surface area contributed by atoms with Crippen molar-refractivity contribution in [1.29, 1.82) is 0 Å². The number of aliphatic hydroxyl groups is 1. The number of likely N-dealkylation sites (tertiary alicyclic amines) is 1. The van der Waals surface area contributed by atoms with Gasteiger partial charge in [-0.05, 0) is 31.5 Å². The molecule has 5 heteroatoms. The van der Waals surface area contributed by atoms with E-state index in [1.165, 1.54) is 18.5 Å². The molecule has 2 unspecified atom stereocenters. The molecular weight excluding hydrogens is 254 g/mol. The third-order valence-corrected chi connectivity index (χ3v) is 4.36. The highest BCUT2D eigenvalue weighted by Crippen LogP contribution is 2.30. The third-order valence-electron chi connectivity index (χ3n) is 4.36. The van der Waals surface area contributed by atoms with E-state index in [0.717, 1.165) is 45.9 Å². The fraction of sp³-hybridized carbons (Fsp3) is 0.733. The first-order valence-electron chi connectivity index (χ1n) is 7.68. The third kappa shape index (κ3) is 3.41. The number of aromatic nitrogens is 1. The number of nitrogens with zero attached hydrogens (tertiary/aromatic N) is 2. The zero-order chi connectivity index (χ0) is 13.8. The fourth-order valence-electron chi connectivity index (χ4n) is 3.36. The Balaban J connectivity index is 1.51. The quantitative estimate of drug-likeness (QED) is 0.839. The number of rotatable bonds is 5. The topological polar surface area (TPSA) is 51.7 Å². The summed E-state index contributed by atoms with van der Waals surface area (Å²) < 4.78 is 5.34. The van der Waals surface area contributed by atoms with Crippen molar-refractivity contribution in [2.75, 3.05) is 45.9 Å². The molecule has 5 nitrogen and oxygen atoms in total. The van der Waals surface area contributed by atoms with E-state index in [1.54, 1.807) is 0 Å². The van der Waals surface area contributed by atoms with Gasteiger partial charge in [-0.25, -0.2) is 0 Å². The van der Waals surface area contributed by atoms with Crippen LogP contribution in [-0.2, 0) is 4.74 Å². The maximum absolute atomic E-state index is 10.3. The van der Waals surface area contributed by atoms with E-state index in [1.807, 2.05) is 6.20 Å². The van der Waals surface area contributed by atoms with Crippen LogP contribution in [-0.4, -0.2) is 71.9 Å². The Morgan fingerprint density at radius 1 is 1.30 bits per heavy atom. The van der Waals surface area contributed by atoms with Gasteiger partial charge in [0.25, 0.3) is 0 Å². The molecule has 2 atom stereocenters. The number of hydrogen-bond donors (Lipinski definition) is 2. The molecule has 20 heavy (non-hydrogen) atoms. The lowest BCUT2D eigenvalue weighted by Crippen LogP contribution is -2.44. The van der Waals surface area contributed by atoms with E-state index in [9.17, 15) is 5.11 Å². The average Bonchev–Trinajstić information content (AvgIpc) is 3.10. The zero-order valence-electron chi connectivity index (χ0n) is 12.0. The molecule has 0 aliphatic carbocycles. The molecule has 2 fully saturated rings. The SMILES string of the molecule is OC(CN1CCOCC1)CN1CCCC1c1ccc[nH]1. The standard InChI is InChI=1S/C15H25N3O2/c19-13(11-17-7-9-20-10-8-17)12-18-6-2-4-15(18)14-3-1-5-16-14/h1,3,5,13,15-16,19H,2,4,6-12H2. The van der Waals surface area contributed by atoms with Crippen molar-refractivity contribution in [1.82, 2.24) is 14.8 Å². The van der Waals surface area contributed by atoms with Crippen molar-refractivity contribution in [3.05, 3.63) is 24.0 Å². The highest BCUT2D eigenvalue weighted by atomic mass is 16.5. The Morgan fingerprint density at radius 3 is 2.90 bits per heavy atom. The summed E-state index contributed by atoms with van der Waals surface area (Å²) in [5, 5.41) is 10.3. The lowest BCUT2D eigenvalue weighted by molar-refractivity contribution is 0.00575. The molecule has 3 heterocycles. The van der Waals surface area contributed by atoms with Crippen LogP contribution in [0, 0.1) is 0 Å². The Labute approximate surface area is 120 Å². The van der Waals surface area contributed by atoms with Crippen LogP contribution >= 0.6 is 0 Å². The van der Waals surface area contributed by atoms with Crippen LogP contribution < -0.4 is 0 Å². The zero-order valence-corrected chi connectivity index (χ0v) is 12.0. The Morgan fingerprint density at radius 2 is 2.15 bits per heavy atom. The number of aliphatic hydroxyl groups excluding tert-OH is 1. The Hall–Kier alpha value is -0.880. The van der Waals surface area contributed by atoms with E-state index in [4.69, 9.17) is 4.74 Å². The van der Waals surface area contributed by atoms with Crippen LogP contribution in [0.15, 0.2) is 18.3 Å². The summed E-state index contributed by atoms with van der Waals surface area (Å²) in [6.07, 6.45) is 4.11. The van der Waals surface area contributed by atoms with Crippen molar-refractivity contribution in [3.8, 4) is 0 Å². The molecule has 0 aromatic carbocycles.